The van der Waals surface area contributed by atoms with Crippen molar-refractivity contribution in [2.45, 2.75) is 13.3 Å². The largest absolute Gasteiger partial charge is 0.512 e. The van der Waals surface area contributed by atoms with E-state index in [9.17, 15) is 4.79 Å². The van der Waals surface area contributed by atoms with Crippen LogP contribution in [-0.4, -0.2) is 16.2 Å². The lowest BCUT2D eigenvalue weighted by Crippen LogP contribution is -2.07. The lowest BCUT2D eigenvalue weighted by molar-refractivity contribution is 0.142. The van der Waals surface area contributed by atoms with Crippen LogP contribution in [0.25, 0.3) is 0 Å². The fraction of sp³-hybridized carbons (Fsp3) is 0.143. The maximum Gasteiger partial charge on any atom is 0.512 e. The zero-order chi connectivity index (χ0) is 13.0. The SMILES string of the molecule is Cc1ccc(Cc2cccnc2OC(=O)O)cc1. The second kappa shape index (κ2) is 5.31. The molecular formula is C14H13NO3. The summed E-state index contributed by atoms with van der Waals surface area (Å²) >= 11 is 0. The molecule has 2 aromatic rings. The minimum atomic E-state index is -1.35. The van der Waals surface area contributed by atoms with E-state index in [1.165, 1.54) is 11.8 Å². The van der Waals surface area contributed by atoms with Crippen LogP contribution in [0, 0.1) is 6.92 Å². The number of pyridine rings is 1. The second-order valence-corrected chi connectivity index (χ2v) is 4.00. The van der Waals surface area contributed by atoms with E-state index in [0.717, 1.165) is 11.1 Å². The molecule has 1 N–H and O–H groups in total. The monoisotopic (exact) mass is 243 g/mol. The maximum atomic E-state index is 10.6. The van der Waals surface area contributed by atoms with E-state index < -0.39 is 6.16 Å². The summed E-state index contributed by atoms with van der Waals surface area (Å²) in [5.74, 6) is 0.144. The molecule has 1 aromatic heterocycles. The van der Waals surface area contributed by atoms with Gasteiger partial charge in [0.15, 0.2) is 0 Å². The van der Waals surface area contributed by atoms with E-state index in [4.69, 9.17) is 5.11 Å². The van der Waals surface area contributed by atoms with Gasteiger partial charge in [-0.2, -0.15) is 0 Å². The number of aromatic nitrogens is 1. The van der Waals surface area contributed by atoms with Gasteiger partial charge in [0.05, 0.1) is 0 Å². The normalized spacial score (nSPS) is 10.1. The third-order valence-corrected chi connectivity index (χ3v) is 2.55. The Morgan fingerprint density at radius 1 is 1.28 bits per heavy atom. The molecule has 1 heterocycles. The molecule has 0 radical (unpaired) electrons. The van der Waals surface area contributed by atoms with Crippen molar-refractivity contribution < 1.29 is 14.6 Å². The topological polar surface area (TPSA) is 59.4 Å². The van der Waals surface area contributed by atoms with Crippen LogP contribution < -0.4 is 4.74 Å². The van der Waals surface area contributed by atoms with Crippen LogP contribution in [0.2, 0.25) is 0 Å². The van der Waals surface area contributed by atoms with E-state index in [1.807, 2.05) is 37.3 Å². The van der Waals surface area contributed by atoms with Crippen LogP contribution in [-0.2, 0) is 6.42 Å². The first kappa shape index (κ1) is 12.1. The molecule has 0 spiro atoms. The van der Waals surface area contributed by atoms with Crippen molar-refractivity contribution in [3.8, 4) is 5.88 Å². The van der Waals surface area contributed by atoms with Gasteiger partial charge in [-0.25, -0.2) is 9.78 Å². The van der Waals surface area contributed by atoms with Gasteiger partial charge in [0.2, 0.25) is 5.88 Å². The smallest absolute Gasteiger partial charge is 0.449 e. The standard InChI is InChI=1S/C14H13NO3/c1-10-4-6-11(7-5-10)9-12-3-2-8-15-13(12)18-14(16)17/h2-8H,9H2,1H3,(H,16,17). The molecule has 0 saturated heterocycles. The molecule has 1 aromatic carbocycles. The summed E-state index contributed by atoms with van der Waals surface area (Å²) in [6, 6.07) is 11.6. The quantitative estimate of drug-likeness (QED) is 0.842. The predicted octanol–water partition coefficient (Wildman–Crippen LogP) is 3.04. The molecular weight excluding hydrogens is 230 g/mol. The number of carboxylic acid groups (broad SMARTS) is 1. The highest BCUT2D eigenvalue weighted by atomic mass is 16.7. The van der Waals surface area contributed by atoms with Crippen molar-refractivity contribution in [2.75, 3.05) is 0 Å². The Bertz CT molecular complexity index is 549. The summed E-state index contributed by atoms with van der Waals surface area (Å²) < 4.78 is 4.65. The first-order valence-corrected chi connectivity index (χ1v) is 5.55. The van der Waals surface area contributed by atoms with Gasteiger partial charge in [0, 0.05) is 18.2 Å². The molecule has 18 heavy (non-hydrogen) atoms. The highest BCUT2D eigenvalue weighted by Gasteiger charge is 2.09. The molecule has 92 valence electrons. The molecule has 0 saturated carbocycles. The average molecular weight is 243 g/mol. The number of ether oxygens (including phenoxy) is 1. The number of carbonyl (C=O) groups is 1. The summed E-state index contributed by atoms with van der Waals surface area (Å²) in [6.45, 7) is 2.02. The number of aryl methyl sites for hydroxylation is 1. The average Bonchev–Trinajstić information content (AvgIpc) is 2.34. The van der Waals surface area contributed by atoms with Gasteiger partial charge in [0.1, 0.15) is 0 Å². The summed E-state index contributed by atoms with van der Waals surface area (Å²) in [6.07, 6.45) is 0.757. The van der Waals surface area contributed by atoms with E-state index in [2.05, 4.69) is 9.72 Å². The summed E-state index contributed by atoms with van der Waals surface area (Å²) in [5.41, 5.74) is 3.03. The van der Waals surface area contributed by atoms with Crippen molar-refractivity contribution in [1.29, 1.82) is 0 Å². The third-order valence-electron chi connectivity index (χ3n) is 2.55. The highest BCUT2D eigenvalue weighted by Crippen LogP contribution is 2.19. The highest BCUT2D eigenvalue weighted by molar-refractivity contribution is 5.61. The van der Waals surface area contributed by atoms with Crippen molar-refractivity contribution in [3.05, 3.63) is 59.3 Å². The van der Waals surface area contributed by atoms with Crippen LogP contribution in [0.5, 0.6) is 5.88 Å². The lowest BCUT2D eigenvalue weighted by Gasteiger charge is -2.06. The molecule has 0 unspecified atom stereocenters. The van der Waals surface area contributed by atoms with Gasteiger partial charge in [0.25, 0.3) is 0 Å². The molecule has 0 bridgehead atoms. The van der Waals surface area contributed by atoms with Gasteiger partial charge < -0.3 is 9.84 Å². The number of benzene rings is 1. The Labute approximate surface area is 105 Å². The van der Waals surface area contributed by atoms with Gasteiger partial charge >= 0.3 is 6.16 Å². The summed E-state index contributed by atoms with van der Waals surface area (Å²) in [7, 11) is 0. The fourth-order valence-electron chi connectivity index (χ4n) is 1.66. The molecule has 0 aliphatic heterocycles. The Kier molecular flexibility index (Phi) is 3.57. The Morgan fingerprint density at radius 2 is 2.00 bits per heavy atom. The van der Waals surface area contributed by atoms with Gasteiger partial charge in [-0.1, -0.05) is 35.9 Å². The van der Waals surface area contributed by atoms with Gasteiger partial charge in [-0.15, -0.1) is 0 Å². The maximum absolute atomic E-state index is 10.6. The molecule has 0 atom stereocenters. The molecule has 0 aliphatic carbocycles. The minimum Gasteiger partial charge on any atom is -0.449 e. The zero-order valence-corrected chi connectivity index (χ0v) is 9.96. The van der Waals surface area contributed by atoms with E-state index >= 15 is 0 Å². The third kappa shape index (κ3) is 3.07. The molecule has 0 aliphatic rings. The van der Waals surface area contributed by atoms with E-state index in [1.54, 1.807) is 6.07 Å². The van der Waals surface area contributed by atoms with Crippen LogP contribution in [0.15, 0.2) is 42.6 Å². The Hall–Kier alpha value is -2.36. The number of rotatable bonds is 3. The molecule has 4 nitrogen and oxygen atoms in total. The second-order valence-electron chi connectivity index (χ2n) is 4.00. The van der Waals surface area contributed by atoms with Crippen LogP contribution >= 0.6 is 0 Å². The molecule has 4 heteroatoms. The lowest BCUT2D eigenvalue weighted by atomic mass is 10.0. The minimum absolute atomic E-state index is 0.144. The first-order chi connectivity index (χ1) is 8.65. The van der Waals surface area contributed by atoms with Crippen molar-refractivity contribution >= 4 is 6.16 Å². The summed E-state index contributed by atoms with van der Waals surface area (Å²) in [4.78, 5) is 14.5. The van der Waals surface area contributed by atoms with E-state index in [0.29, 0.717) is 6.42 Å². The van der Waals surface area contributed by atoms with Crippen molar-refractivity contribution in [2.24, 2.45) is 0 Å². The zero-order valence-electron chi connectivity index (χ0n) is 9.96. The Balaban J connectivity index is 2.23. The van der Waals surface area contributed by atoms with Crippen LogP contribution in [0.3, 0.4) is 0 Å². The van der Waals surface area contributed by atoms with Gasteiger partial charge in [-0.05, 0) is 18.6 Å². The first-order valence-electron chi connectivity index (χ1n) is 5.55. The molecule has 0 fully saturated rings. The van der Waals surface area contributed by atoms with E-state index in [-0.39, 0.29) is 5.88 Å². The van der Waals surface area contributed by atoms with Crippen molar-refractivity contribution in [3.63, 3.8) is 0 Å². The fourth-order valence-corrected chi connectivity index (χ4v) is 1.66. The van der Waals surface area contributed by atoms with Crippen molar-refractivity contribution in [1.82, 2.24) is 4.98 Å². The number of hydrogen-bond acceptors (Lipinski definition) is 3. The number of hydrogen-bond donors (Lipinski definition) is 1. The van der Waals surface area contributed by atoms with Gasteiger partial charge in [-0.3, -0.25) is 0 Å². The van der Waals surface area contributed by atoms with Crippen LogP contribution in [0.4, 0.5) is 4.79 Å². The predicted molar refractivity (Wildman–Crippen MR) is 66.9 cm³/mol. The molecule has 0 amide bonds. The Morgan fingerprint density at radius 3 is 2.67 bits per heavy atom. The van der Waals surface area contributed by atoms with Crippen LogP contribution in [0.1, 0.15) is 16.7 Å². The molecule has 2 rings (SSSR count). The summed E-state index contributed by atoms with van der Waals surface area (Å²) in [5, 5.41) is 8.63. The number of nitrogens with zero attached hydrogens (tertiary/aromatic N) is 1.